The Balaban J connectivity index is 2.77. The molecule has 0 aliphatic rings. The summed E-state index contributed by atoms with van der Waals surface area (Å²) >= 11 is 5.81. The maximum Gasteiger partial charge on any atom is 0.217 e. The third-order valence-electron chi connectivity index (χ3n) is 1.81. The largest absolute Gasteiger partial charge is 0.370 e. The van der Waals surface area contributed by atoms with Gasteiger partial charge in [-0.25, -0.2) is 0 Å². The fourth-order valence-electron chi connectivity index (χ4n) is 1.07. The minimum atomic E-state index is -0.342. The number of hydrogen-bond donors (Lipinski definition) is 1. The lowest BCUT2D eigenvalue weighted by atomic mass is 10.1. The highest BCUT2D eigenvalue weighted by molar-refractivity contribution is 6.31. The van der Waals surface area contributed by atoms with Crippen LogP contribution < -0.4 is 5.73 Å². The Kier molecular flexibility index (Phi) is 3.49. The number of primary amides is 1. The van der Waals surface area contributed by atoms with Crippen LogP contribution in [0.25, 0.3) is 0 Å². The third kappa shape index (κ3) is 2.75. The second-order valence-electron chi connectivity index (χ2n) is 2.89. The van der Waals surface area contributed by atoms with E-state index in [0.29, 0.717) is 23.4 Å². The van der Waals surface area contributed by atoms with Crippen LogP contribution in [-0.2, 0) is 11.2 Å². The van der Waals surface area contributed by atoms with Gasteiger partial charge in [0, 0.05) is 6.42 Å². The molecule has 0 aromatic heterocycles. The molecule has 0 bridgehead atoms. The molecule has 72 valence electrons. The molecule has 0 atom stereocenters. The minimum absolute atomic E-state index is 0.294. The van der Waals surface area contributed by atoms with E-state index in [0.717, 1.165) is 5.56 Å². The number of rotatable bonds is 3. The first kappa shape index (κ1) is 10.6. The monoisotopic (exact) mass is 208 g/mol. The number of hydrogen-bond acceptors (Lipinski definition) is 2. The van der Waals surface area contributed by atoms with E-state index in [1.165, 1.54) is 0 Å². The molecule has 1 amide bonds. The SMILES string of the molecule is N#Cc1ccc(CCC(N)=O)cc1Cl. The molecule has 1 rings (SSSR count). The van der Waals surface area contributed by atoms with Crippen LogP contribution in [0.2, 0.25) is 5.02 Å². The van der Waals surface area contributed by atoms with Gasteiger partial charge in [0.1, 0.15) is 6.07 Å². The molecule has 14 heavy (non-hydrogen) atoms. The highest BCUT2D eigenvalue weighted by Crippen LogP contribution is 2.17. The average molecular weight is 209 g/mol. The highest BCUT2D eigenvalue weighted by atomic mass is 35.5. The second kappa shape index (κ2) is 4.64. The Morgan fingerprint density at radius 2 is 2.29 bits per heavy atom. The van der Waals surface area contributed by atoms with E-state index in [1.807, 2.05) is 6.07 Å². The standard InChI is InChI=1S/C10H9ClN2O/c11-9-5-7(2-4-10(13)14)1-3-8(9)6-12/h1,3,5H,2,4H2,(H2,13,14). The number of nitrogens with zero attached hydrogens (tertiary/aromatic N) is 1. The van der Waals surface area contributed by atoms with Gasteiger partial charge in [-0.05, 0) is 24.1 Å². The van der Waals surface area contributed by atoms with Gasteiger partial charge in [-0.1, -0.05) is 17.7 Å². The summed E-state index contributed by atoms with van der Waals surface area (Å²) in [5.41, 5.74) is 6.36. The Bertz CT molecular complexity index is 396. The molecule has 3 nitrogen and oxygen atoms in total. The Morgan fingerprint density at radius 3 is 2.79 bits per heavy atom. The number of carbonyl (C=O) groups excluding carboxylic acids is 1. The summed E-state index contributed by atoms with van der Waals surface area (Å²) in [6, 6.07) is 7.06. The predicted molar refractivity (Wildman–Crippen MR) is 53.7 cm³/mol. The normalized spacial score (nSPS) is 9.43. The van der Waals surface area contributed by atoms with E-state index in [2.05, 4.69) is 0 Å². The Labute approximate surface area is 87.1 Å². The van der Waals surface area contributed by atoms with E-state index in [9.17, 15) is 4.79 Å². The molecular weight excluding hydrogens is 200 g/mol. The van der Waals surface area contributed by atoms with Crippen molar-refractivity contribution in [1.29, 1.82) is 5.26 Å². The summed E-state index contributed by atoms with van der Waals surface area (Å²) in [6.07, 6.45) is 0.850. The van der Waals surface area contributed by atoms with Gasteiger partial charge < -0.3 is 5.73 Å². The molecule has 2 N–H and O–H groups in total. The third-order valence-corrected chi connectivity index (χ3v) is 2.13. The number of amides is 1. The minimum Gasteiger partial charge on any atom is -0.370 e. The van der Waals surface area contributed by atoms with Gasteiger partial charge in [-0.3, -0.25) is 4.79 Å². The lowest BCUT2D eigenvalue weighted by Gasteiger charge is -2.00. The van der Waals surface area contributed by atoms with Crippen LogP contribution in [0.15, 0.2) is 18.2 Å². The van der Waals surface area contributed by atoms with Gasteiger partial charge >= 0.3 is 0 Å². The fourth-order valence-corrected chi connectivity index (χ4v) is 1.32. The van der Waals surface area contributed by atoms with E-state index in [-0.39, 0.29) is 5.91 Å². The van der Waals surface area contributed by atoms with Crippen LogP contribution >= 0.6 is 11.6 Å². The van der Waals surface area contributed by atoms with Crippen molar-refractivity contribution in [3.05, 3.63) is 34.3 Å². The molecular formula is C10H9ClN2O. The predicted octanol–water partition coefficient (Wildman–Crippen LogP) is 1.63. The quantitative estimate of drug-likeness (QED) is 0.821. The first-order chi connectivity index (χ1) is 6.63. The van der Waals surface area contributed by atoms with Gasteiger partial charge in [0.05, 0.1) is 10.6 Å². The molecule has 1 aromatic carbocycles. The van der Waals surface area contributed by atoms with Crippen molar-refractivity contribution in [2.75, 3.05) is 0 Å². The topological polar surface area (TPSA) is 66.9 Å². The Morgan fingerprint density at radius 1 is 1.57 bits per heavy atom. The molecule has 0 saturated carbocycles. The lowest BCUT2D eigenvalue weighted by Crippen LogP contribution is -2.11. The molecule has 0 saturated heterocycles. The van der Waals surface area contributed by atoms with Crippen LogP contribution in [0, 0.1) is 11.3 Å². The van der Waals surface area contributed by atoms with Crippen molar-refractivity contribution in [2.45, 2.75) is 12.8 Å². The summed E-state index contributed by atoms with van der Waals surface area (Å²) in [5.74, 6) is -0.342. The summed E-state index contributed by atoms with van der Waals surface area (Å²) in [6.45, 7) is 0. The smallest absolute Gasteiger partial charge is 0.217 e. The van der Waals surface area contributed by atoms with Crippen molar-refractivity contribution >= 4 is 17.5 Å². The molecule has 1 aromatic rings. The molecule has 0 aliphatic carbocycles. The second-order valence-corrected chi connectivity index (χ2v) is 3.30. The van der Waals surface area contributed by atoms with E-state index in [4.69, 9.17) is 22.6 Å². The first-order valence-electron chi connectivity index (χ1n) is 4.10. The number of nitrogens with two attached hydrogens (primary N) is 1. The number of halogens is 1. The van der Waals surface area contributed by atoms with Crippen LogP contribution in [0.4, 0.5) is 0 Å². The number of nitriles is 1. The maximum atomic E-state index is 10.5. The summed E-state index contributed by atoms with van der Waals surface area (Å²) < 4.78 is 0. The summed E-state index contributed by atoms with van der Waals surface area (Å²) in [7, 11) is 0. The zero-order valence-corrected chi connectivity index (χ0v) is 8.21. The van der Waals surface area contributed by atoms with Gasteiger partial charge in [0.25, 0.3) is 0 Å². The maximum absolute atomic E-state index is 10.5. The van der Waals surface area contributed by atoms with Crippen molar-refractivity contribution < 1.29 is 4.79 Å². The van der Waals surface area contributed by atoms with Crippen molar-refractivity contribution in [2.24, 2.45) is 5.73 Å². The zero-order chi connectivity index (χ0) is 10.6. The molecule has 0 unspecified atom stereocenters. The molecule has 0 heterocycles. The van der Waals surface area contributed by atoms with Crippen LogP contribution in [0.5, 0.6) is 0 Å². The lowest BCUT2D eigenvalue weighted by molar-refractivity contribution is -0.117. The van der Waals surface area contributed by atoms with E-state index in [1.54, 1.807) is 18.2 Å². The van der Waals surface area contributed by atoms with E-state index >= 15 is 0 Å². The van der Waals surface area contributed by atoms with Gasteiger partial charge in [-0.15, -0.1) is 0 Å². The van der Waals surface area contributed by atoms with Crippen molar-refractivity contribution in [3.63, 3.8) is 0 Å². The van der Waals surface area contributed by atoms with Gasteiger partial charge in [0.2, 0.25) is 5.91 Å². The van der Waals surface area contributed by atoms with Gasteiger partial charge in [0.15, 0.2) is 0 Å². The Hall–Kier alpha value is -1.53. The van der Waals surface area contributed by atoms with Crippen molar-refractivity contribution in [3.8, 4) is 6.07 Å². The zero-order valence-electron chi connectivity index (χ0n) is 7.46. The van der Waals surface area contributed by atoms with Gasteiger partial charge in [-0.2, -0.15) is 5.26 Å². The first-order valence-corrected chi connectivity index (χ1v) is 4.48. The molecule has 0 aliphatic heterocycles. The number of aryl methyl sites for hydroxylation is 1. The number of benzene rings is 1. The van der Waals surface area contributed by atoms with Crippen LogP contribution in [0.1, 0.15) is 17.5 Å². The molecule has 0 spiro atoms. The summed E-state index contributed by atoms with van der Waals surface area (Å²) in [5, 5.41) is 9.03. The highest BCUT2D eigenvalue weighted by Gasteiger charge is 2.02. The molecule has 0 radical (unpaired) electrons. The molecule has 0 fully saturated rings. The van der Waals surface area contributed by atoms with Crippen LogP contribution in [-0.4, -0.2) is 5.91 Å². The molecule has 4 heteroatoms. The fraction of sp³-hybridized carbons (Fsp3) is 0.200. The number of carbonyl (C=O) groups is 1. The van der Waals surface area contributed by atoms with Crippen LogP contribution in [0.3, 0.4) is 0 Å². The summed E-state index contributed by atoms with van der Waals surface area (Å²) in [4.78, 5) is 10.5. The average Bonchev–Trinajstić information content (AvgIpc) is 2.15. The van der Waals surface area contributed by atoms with Crippen molar-refractivity contribution in [1.82, 2.24) is 0 Å². The van der Waals surface area contributed by atoms with E-state index < -0.39 is 0 Å².